The molecule has 0 bridgehead atoms. The van der Waals surface area contributed by atoms with Gasteiger partial charge >= 0.3 is 0 Å². The summed E-state index contributed by atoms with van der Waals surface area (Å²) in [4.78, 5) is 28.5. The van der Waals surface area contributed by atoms with Crippen LogP contribution in [0.3, 0.4) is 0 Å². The first kappa shape index (κ1) is 17.5. The first-order chi connectivity index (χ1) is 13.1. The van der Waals surface area contributed by atoms with E-state index in [-0.39, 0.29) is 24.3 Å². The van der Waals surface area contributed by atoms with Crippen LogP contribution in [0.1, 0.15) is 28.7 Å². The second-order valence-electron chi connectivity index (χ2n) is 6.67. The van der Waals surface area contributed by atoms with Crippen LogP contribution < -0.4 is 10.2 Å². The standard InChI is InChI=1S/C21H20N2O3S/c1-14-6-8-15(9-7-14)23-19(24)12-17(20(23)18-5-3-11-27-18)21(25)22-13-16-4-2-10-26-16/h2-11,17,20H,12-13H2,1H3,(H,22,25)/t17-,20+/m0/s1. The van der Waals surface area contributed by atoms with E-state index < -0.39 is 5.92 Å². The number of hydrogen-bond donors (Lipinski definition) is 1. The van der Waals surface area contributed by atoms with Crippen LogP contribution in [0.25, 0.3) is 0 Å². The first-order valence-corrected chi connectivity index (χ1v) is 9.73. The van der Waals surface area contributed by atoms with Gasteiger partial charge in [-0.15, -0.1) is 11.3 Å². The number of amides is 2. The number of carbonyl (C=O) groups excluding carboxylic acids is 2. The van der Waals surface area contributed by atoms with Gasteiger partial charge in [0.25, 0.3) is 0 Å². The third-order valence-electron chi connectivity index (χ3n) is 4.82. The largest absolute Gasteiger partial charge is 0.467 e. The lowest BCUT2D eigenvalue weighted by Crippen LogP contribution is -2.35. The van der Waals surface area contributed by atoms with Crippen molar-refractivity contribution in [2.45, 2.75) is 25.9 Å². The summed E-state index contributed by atoms with van der Waals surface area (Å²) in [5.74, 6) is 0.0892. The molecule has 1 aliphatic rings. The number of benzene rings is 1. The van der Waals surface area contributed by atoms with E-state index in [0.29, 0.717) is 12.3 Å². The van der Waals surface area contributed by atoms with Crippen LogP contribution in [0.15, 0.2) is 64.6 Å². The van der Waals surface area contributed by atoms with Crippen LogP contribution in [0.5, 0.6) is 0 Å². The number of anilines is 1. The maximum Gasteiger partial charge on any atom is 0.228 e. The lowest BCUT2D eigenvalue weighted by molar-refractivity contribution is -0.127. The van der Waals surface area contributed by atoms with Gasteiger partial charge in [-0.2, -0.15) is 0 Å². The van der Waals surface area contributed by atoms with E-state index in [1.165, 1.54) is 0 Å². The maximum absolute atomic E-state index is 12.9. The van der Waals surface area contributed by atoms with Crippen LogP contribution in [0.4, 0.5) is 5.69 Å². The molecule has 0 saturated carbocycles. The van der Waals surface area contributed by atoms with Crippen LogP contribution in [0, 0.1) is 12.8 Å². The minimum atomic E-state index is -0.438. The molecule has 4 rings (SSSR count). The van der Waals surface area contributed by atoms with Crippen LogP contribution in [0.2, 0.25) is 0 Å². The molecule has 1 aliphatic heterocycles. The van der Waals surface area contributed by atoms with Crippen molar-refractivity contribution in [2.75, 3.05) is 4.90 Å². The van der Waals surface area contributed by atoms with E-state index in [9.17, 15) is 9.59 Å². The molecule has 1 N–H and O–H groups in total. The molecular weight excluding hydrogens is 360 g/mol. The summed E-state index contributed by atoms with van der Waals surface area (Å²) >= 11 is 1.57. The Labute approximate surface area is 161 Å². The molecule has 0 aliphatic carbocycles. The molecule has 138 valence electrons. The number of carbonyl (C=O) groups is 2. The Morgan fingerprint density at radius 2 is 2.04 bits per heavy atom. The molecule has 0 unspecified atom stereocenters. The van der Waals surface area contributed by atoms with Gasteiger partial charge in [0, 0.05) is 17.0 Å². The van der Waals surface area contributed by atoms with Gasteiger partial charge in [0.05, 0.1) is 24.8 Å². The van der Waals surface area contributed by atoms with Crippen molar-refractivity contribution in [2.24, 2.45) is 5.92 Å². The number of hydrogen-bond acceptors (Lipinski definition) is 4. The topological polar surface area (TPSA) is 62.6 Å². The van der Waals surface area contributed by atoms with Crippen molar-refractivity contribution in [3.8, 4) is 0 Å². The van der Waals surface area contributed by atoms with Crippen molar-refractivity contribution in [1.82, 2.24) is 5.32 Å². The summed E-state index contributed by atoms with van der Waals surface area (Å²) in [6.07, 6.45) is 1.77. The second kappa shape index (κ2) is 7.40. The third-order valence-corrected chi connectivity index (χ3v) is 5.77. The predicted molar refractivity (Wildman–Crippen MR) is 104 cm³/mol. The van der Waals surface area contributed by atoms with Gasteiger partial charge < -0.3 is 14.6 Å². The molecule has 0 spiro atoms. The summed E-state index contributed by atoms with van der Waals surface area (Å²) in [5.41, 5.74) is 1.95. The highest BCUT2D eigenvalue weighted by molar-refractivity contribution is 7.10. The van der Waals surface area contributed by atoms with E-state index >= 15 is 0 Å². The molecule has 6 heteroatoms. The summed E-state index contributed by atoms with van der Waals surface area (Å²) in [5, 5.41) is 4.89. The second-order valence-corrected chi connectivity index (χ2v) is 7.65. The Hall–Kier alpha value is -2.86. The van der Waals surface area contributed by atoms with Crippen molar-refractivity contribution >= 4 is 28.8 Å². The van der Waals surface area contributed by atoms with E-state index in [4.69, 9.17) is 4.42 Å². The molecule has 3 heterocycles. The monoisotopic (exact) mass is 380 g/mol. The Morgan fingerprint density at radius 3 is 2.70 bits per heavy atom. The molecule has 2 atom stereocenters. The fraction of sp³-hybridized carbons (Fsp3) is 0.238. The highest BCUT2D eigenvalue weighted by Crippen LogP contribution is 2.43. The Kier molecular flexibility index (Phi) is 4.81. The zero-order valence-corrected chi connectivity index (χ0v) is 15.7. The lowest BCUT2D eigenvalue weighted by atomic mass is 9.97. The van der Waals surface area contributed by atoms with E-state index in [1.807, 2.05) is 54.8 Å². The highest BCUT2D eigenvalue weighted by Gasteiger charge is 2.45. The molecule has 2 amide bonds. The van der Waals surface area contributed by atoms with Gasteiger partial charge in [-0.3, -0.25) is 9.59 Å². The van der Waals surface area contributed by atoms with Crippen LogP contribution >= 0.6 is 11.3 Å². The third kappa shape index (κ3) is 3.53. The molecular formula is C21H20N2O3S. The smallest absolute Gasteiger partial charge is 0.228 e. The van der Waals surface area contributed by atoms with Gasteiger partial charge in [-0.25, -0.2) is 0 Å². The fourth-order valence-corrected chi connectivity index (χ4v) is 4.36. The Morgan fingerprint density at radius 1 is 1.22 bits per heavy atom. The number of thiophene rings is 1. The zero-order valence-electron chi connectivity index (χ0n) is 14.9. The molecule has 27 heavy (non-hydrogen) atoms. The molecule has 5 nitrogen and oxygen atoms in total. The van der Waals surface area contributed by atoms with Crippen molar-refractivity contribution in [3.05, 3.63) is 76.4 Å². The van der Waals surface area contributed by atoms with Crippen molar-refractivity contribution in [1.29, 1.82) is 0 Å². The fourth-order valence-electron chi connectivity index (χ4n) is 3.48. The highest BCUT2D eigenvalue weighted by atomic mass is 32.1. The van der Waals surface area contributed by atoms with Gasteiger partial charge in [0.15, 0.2) is 0 Å². The Balaban J connectivity index is 1.62. The minimum absolute atomic E-state index is 0.0320. The van der Waals surface area contributed by atoms with Gasteiger partial charge in [-0.1, -0.05) is 23.8 Å². The number of nitrogens with one attached hydrogen (secondary N) is 1. The van der Waals surface area contributed by atoms with Crippen molar-refractivity contribution in [3.63, 3.8) is 0 Å². The molecule has 1 fully saturated rings. The first-order valence-electron chi connectivity index (χ1n) is 8.85. The zero-order chi connectivity index (χ0) is 18.8. The van der Waals surface area contributed by atoms with Crippen LogP contribution in [-0.2, 0) is 16.1 Å². The van der Waals surface area contributed by atoms with Crippen LogP contribution in [-0.4, -0.2) is 11.8 Å². The van der Waals surface area contributed by atoms with E-state index in [0.717, 1.165) is 16.1 Å². The molecule has 3 aromatic rings. The number of rotatable bonds is 5. The quantitative estimate of drug-likeness (QED) is 0.726. The average Bonchev–Trinajstić information content (AvgIpc) is 3.41. The SMILES string of the molecule is Cc1ccc(N2C(=O)C[C@H](C(=O)NCc3ccco3)[C@@H]2c2cccs2)cc1. The molecule has 2 aromatic heterocycles. The average molecular weight is 380 g/mol. The summed E-state index contributed by atoms with van der Waals surface area (Å²) in [6.45, 7) is 2.33. The molecule has 1 aromatic carbocycles. The number of furan rings is 1. The van der Waals surface area contributed by atoms with E-state index in [1.54, 1.807) is 28.6 Å². The lowest BCUT2D eigenvalue weighted by Gasteiger charge is -2.27. The summed E-state index contributed by atoms with van der Waals surface area (Å²) < 4.78 is 5.28. The Bertz CT molecular complexity index is 917. The predicted octanol–water partition coefficient (Wildman–Crippen LogP) is 4.06. The van der Waals surface area contributed by atoms with Gasteiger partial charge in [0.2, 0.25) is 11.8 Å². The van der Waals surface area contributed by atoms with Gasteiger partial charge in [0.1, 0.15) is 5.76 Å². The van der Waals surface area contributed by atoms with Gasteiger partial charge in [-0.05, 0) is 42.6 Å². The summed E-state index contributed by atoms with van der Waals surface area (Å²) in [6, 6.07) is 15.1. The van der Waals surface area contributed by atoms with E-state index in [2.05, 4.69) is 5.32 Å². The number of nitrogens with zero attached hydrogens (tertiary/aromatic N) is 1. The van der Waals surface area contributed by atoms with Crippen molar-refractivity contribution < 1.29 is 14.0 Å². The minimum Gasteiger partial charge on any atom is -0.467 e. The molecule has 0 radical (unpaired) electrons. The molecule has 1 saturated heterocycles. The number of aryl methyl sites for hydroxylation is 1. The maximum atomic E-state index is 12.9. The normalized spacial score (nSPS) is 19.4. The summed E-state index contributed by atoms with van der Waals surface area (Å²) in [7, 11) is 0.